The number of primary sulfonamides is 1. The van der Waals surface area contributed by atoms with Crippen LogP contribution >= 0.6 is 0 Å². The summed E-state index contributed by atoms with van der Waals surface area (Å²) in [6.07, 6.45) is 1.45. The Morgan fingerprint density at radius 3 is 2.29 bits per heavy atom. The Kier molecular flexibility index (Phi) is 2.80. The predicted octanol–water partition coefficient (Wildman–Crippen LogP) is 0.274. The molecule has 1 aromatic heterocycles. The van der Waals surface area contributed by atoms with Gasteiger partial charge >= 0.3 is 0 Å². The van der Waals surface area contributed by atoms with Gasteiger partial charge in [-0.2, -0.15) is 0 Å². The van der Waals surface area contributed by atoms with Crippen molar-refractivity contribution in [2.24, 2.45) is 5.14 Å². The Morgan fingerprint density at radius 1 is 1.36 bits per heavy atom. The van der Waals surface area contributed by atoms with Crippen molar-refractivity contribution >= 4 is 23.3 Å². The van der Waals surface area contributed by atoms with Gasteiger partial charge in [0.25, 0.3) is 10.0 Å². The van der Waals surface area contributed by atoms with Gasteiger partial charge in [-0.25, -0.2) is 18.5 Å². The van der Waals surface area contributed by atoms with Crippen LogP contribution in [0.4, 0.5) is 0 Å². The highest BCUT2D eigenvalue weighted by atomic mass is 32.2. The molecule has 0 radical (unpaired) electrons. The van der Waals surface area contributed by atoms with Gasteiger partial charge in [0.05, 0.1) is 8.07 Å². The molecule has 0 aliphatic heterocycles. The largest absolute Gasteiger partial charge is 0.255 e. The topological polar surface area (TPSA) is 73.0 Å². The lowest BCUT2D eigenvalue weighted by atomic mass is 10.5. The third-order valence-corrected chi connectivity index (χ3v) is 4.91. The second-order valence-corrected chi connectivity index (χ2v) is 10.7. The normalized spacial score (nSPS) is 12.9. The number of hydrogen-bond donors (Lipinski definition) is 1. The zero-order chi connectivity index (χ0) is 11.0. The quantitative estimate of drug-likeness (QED) is 0.741. The SMILES string of the molecule is C[Si](C)(C)c1cccnc1S(N)(=O)=O. The second-order valence-electron chi connectivity index (χ2n) is 4.15. The minimum absolute atomic E-state index is 0.0270. The van der Waals surface area contributed by atoms with E-state index >= 15 is 0 Å². The molecule has 0 saturated carbocycles. The molecule has 1 aromatic rings. The van der Waals surface area contributed by atoms with Crippen LogP contribution in [0.3, 0.4) is 0 Å². The summed E-state index contributed by atoms with van der Waals surface area (Å²) < 4.78 is 22.5. The summed E-state index contributed by atoms with van der Waals surface area (Å²) in [5, 5.41) is 5.89. The fraction of sp³-hybridized carbons (Fsp3) is 0.375. The summed E-state index contributed by atoms with van der Waals surface area (Å²) in [4.78, 5) is 3.84. The summed E-state index contributed by atoms with van der Waals surface area (Å²) in [6.45, 7) is 6.16. The maximum Gasteiger partial charge on any atom is 0.255 e. The van der Waals surface area contributed by atoms with E-state index in [4.69, 9.17) is 5.14 Å². The molecule has 0 aromatic carbocycles. The van der Waals surface area contributed by atoms with Gasteiger partial charge in [0.15, 0.2) is 5.03 Å². The summed E-state index contributed by atoms with van der Waals surface area (Å²) in [6, 6.07) is 3.53. The van der Waals surface area contributed by atoms with Crippen LogP contribution in [0.1, 0.15) is 0 Å². The van der Waals surface area contributed by atoms with Crippen LogP contribution in [0.25, 0.3) is 0 Å². The van der Waals surface area contributed by atoms with Crippen LogP contribution in [0.2, 0.25) is 19.6 Å². The Bertz CT molecular complexity index is 437. The van der Waals surface area contributed by atoms with Crippen LogP contribution in [-0.4, -0.2) is 21.5 Å². The van der Waals surface area contributed by atoms with Crippen molar-refractivity contribution in [1.82, 2.24) is 4.98 Å². The van der Waals surface area contributed by atoms with E-state index in [-0.39, 0.29) is 5.03 Å². The number of pyridine rings is 1. The molecule has 0 bridgehead atoms. The molecule has 6 heteroatoms. The van der Waals surface area contributed by atoms with Crippen LogP contribution < -0.4 is 10.3 Å². The average molecular weight is 230 g/mol. The Balaban J connectivity index is 3.47. The standard InChI is InChI=1S/C8H14N2O2SSi/c1-14(2,3)7-5-4-6-10-8(7)13(9,11)12/h4-6H,1-3H3,(H2,9,11,12). The van der Waals surface area contributed by atoms with E-state index in [1.165, 1.54) is 6.20 Å². The molecule has 1 heterocycles. The van der Waals surface area contributed by atoms with Crippen LogP contribution in [0.15, 0.2) is 23.4 Å². The fourth-order valence-corrected chi connectivity index (χ4v) is 4.42. The molecular weight excluding hydrogens is 216 g/mol. The molecule has 0 spiro atoms. The van der Waals surface area contributed by atoms with Crippen molar-refractivity contribution in [3.63, 3.8) is 0 Å². The molecule has 0 aliphatic rings. The zero-order valence-electron chi connectivity index (χ0n) is 8.48. The van der Waals surface area contributed by atoms with E-state index in [0.29, 0.717) is 0 Å². The molecule has 14 heavy (non-hydrogen) atoms. The lowest BCUT2D eigenvalue weighted by Gasteiger charge is -2.18. The smallest absolute Gasteiger partial charge is 0.244 e. The maximum absolute atomic E-state index is 11.2. The molecule has 2 N–H and O–H groups in total. The summed E-state index contributed by atoms with van der Waals surface area (Å²) >= 11 is 0. The van der Waals surface area contributed by atoms with Gasteiger partial charge in [-0.3, -0.25) is 0 Å². The van der Waals surface area contributed by atoms with Crippen LogP contribution in [0.5, 0.6) is 0 Å². The van der Waals surface area contributed by atoms with E-state index in [9.17, 15) is 8.42 Å². The number of rotatable bonds is 2. The van der Waals surface area contributed by atoms with Gasteiger partial charge in [-0.1, -0.05) is 25.7 Å². The molecule has 0 unspecified atom stereocenters. The van der Waals surface area contributed by atoms with Gasteiger partial charge in [0.2, 0.25) is 0 Å². The first-order chi connectivity index (χ1) is 6.23. The molecule has 0 fully saturated rings. The van der Waals surface area contributed by atoms with E-state index in [0.717, 1.165) is 5.19 Å². The lowest BCUT2D eigenvalue weighted by molar-refractivity contribution is 0.595. The Morgan fingerprint density at radius 2 is 1.93 bits per heavy atom. The molecule has 4 nitrogen and oxygen atoms in total. The van der Waals surface area contributed by atoms with Crippen molar-refractivity contribution in [1.29, 1.82) is 0 Å². The molecule has 78 valence electrons. The molecule has 0 saturated heterocycles. The van der Waals surface area contributed by atoms with E-state index in [1.807, 2.05) is 0 Å². The number of aromatic nitrogens is 1. The van der Waals surface area contributed by atoms with Crippen LogP contribution in [-0.2, 0) is 10.0 Å². The first-order valence-corrected chi connectivity index (χ1v) is 9.26. The van der Waals surface area contributed by atoms with Crippen molar-refractivity contribution < 1.29 is 8.42 Å². The first kappa shape index (κ1) is 11.4. The van der Waals surface area contributed by atoms with Gasteiger partial charge in [0, 0.05) is 6.20 Å². The monoisotopic (exact) mass is 230 g/mol. The molecular formula is C8H14N2O2SSi. The highest BCUT2D eigenvalue weighted by molar-refractivity contribution is 7.89. The van der Waals surface area contributed by atoms with Crippen molar-refractivity contribution in [3.8, 4) is 0 Å². The fourth-order valence-electron chi connectivity index (χ4n) is 1.19. The van der Waals surface area contributed by atoms with E-state index in [1.54, 1.807) is 12.1 Å². The Labute approximate surface area is 85.2 Å². The average Bonchev–Trinajstić information content (AvgIpc) is 2.01. The third-order valence-electron chi connectivity index (χ3n) is 1.85. The first-order valence-electron chi connectivity index (χ1n) is 4.21. The highest BCUT2D eigenvalue weighted by Gasteiger charge is 2.25. The van der Waals surface area contributed by atoms with Gasteiger partial charge in [-0.15, -0.1) is 0 Å². The number of hydrogen-bond acceptors (Lipinski definition) is 3. The molecule has 0 amide bonds. The maximum atomic E-state index is 11.2. The number of sulfonamides is 1. The number of nitrogens with zero attached hydrogens (tertiary/aromatic N) is 1. The van der Waals surface area contributed by atoms with Crippen molar-refractivity contribution in [2.45, 2.75) is 24.7 Å². The van der Waals surface area contributed by atoms with Crippen molar-refractivity contribution in [3.05, 3.63) is 18.3 Å². The summed E-state index contributed by atoms with van der Waals surface area (Å²) in [5.74, 6) is 0. The predicted molar refractivity (Wildman–Crippen MR) is 58.6 cm³/mol. The van der Waals surface area contributed by atoms with Gasteiger partial charge < -0.3 is 0 Å². The second kappa shape index (κ2) is 3.45. The number of nitrogens with two attached hydrogens (primary N) is 1. The summed E-state index contributed by atoms with van der Waals surface area (Å²) in [7, 11) is -5.40. The highest BCUT2D eigenvalue weighted by Crippen LogP contribution is 2.07. The molecule has 0 atom stereocenters. The van der Waals surface area contributed by atoms with Gasteiger partial charge in [-0.05, 0) is 11.3 Å². The minimum atomic E-state index is -3.69. The summed E-state index contributed by atoms with van der Waals surface area (Å²) in [5.41, 5.74) is 0. The van der Waals surface area contributed by atoms with E-state index < -0.39 is 18.1 Å². The Hall–Kier alpha value is -0.723. The third kappa shape index (κ3) is 2.40. The molecule has 1 rings (SSSR count). The minimum Gasteiger partial charge on any atom is -0.244 e. The van der Waals surface area contributed by atoms with E-state index in [2.05, 4.69) is 24.6 Å². The van der Waals surface area contributed by atoms with Crippen molar-refractivity contribution in [2.75, 3.05) is 0 Å². The van der Waals surface area contributed by atoms with Crippen LogP contribution in [0, 0.1) is 0 Å². The van der Waals surface area contributed by atoms with Gasteiger partial charge in [0.1, 0.15) is 0 Å². The molecule has 0 aliphatic carbocycles. The zero-order valence-corrected chi connectivity index (χ0v) is 10.3. The lowest BCUT2D eigenvalue weighted by Crippen LogP contribution is -2.42.